The highest BCUT2D eigenvalue weighted by Crippen LogP contribution is 2.44. The number of hydrogen-bond acceptors (Lipinski definition) is 18. The van der Waals surface area contributed by atoms with Gasteiger partial charge in [0.05, 0.1) is 6.42 Å². The number of carbonyl (C=O) groups is 8. The second-order valence-electron chi connectivity index (χ2n) is 13.3. The third kappa shape index (κ3) is 12.0. The van der Waals surface area contributed by atoms with Gasteiger partial charge in [-0.3, -0.25) is 33.6 Å². The zero-order valence-electron chi connectivity index (χ0n) is 33.2. The van der Waals surface area contributed by atoms with Crippen LogP contribution in [0.3, 0.4) is 0 Å². The Morgan fingerprint density at radius 2 is 1.20 bits per heavy atom. The summed E-state index contributed by atoms with van der Waals surface area (Å²) in [6, 6.07) is 15.0. The van der Waals surface area contributed by atoms with Gasteiger partial charge in [-0.25, -0.2) is 4.79 Å². The molecule has 1 fully saturated rings. The molecule has 6 atom stereocenters. The number of Topliss-reactive ketones (excluding diaryl/α,β-unsaturated/α-hetero) is 1. The Kier molecular flexibility index (Phi) is 14.4. The summed E-state index contributed by atoms with van der Waals surface area (Å²) in [4.78, 5) is 98.5. The first-order valence-electron chi connectivity index (χ1n) is 18.3. The molecule has 0 N–H and O–H groups in total. The normalized spacial score (nSPS) is 20.7. The van der Waals surface area contributed by atoms with Crippen LogP contribution in [0.25, 0.3) is 6.08 Å². The highest BCUT2D eigenvalue weighted by Gasteiger charge is 2.53. The second kappa shape index (κ2) is 19.6. The molecule has 0 aliphatic carbocycles. The first kappa shape index (κ1) is 44.0. The summed E-state index contributed by atoms with van der Waals surface area (Å²) in [5, 5.41) is 0. The molecular formula is C42H40O18. The summed E-state index contributed by atoms with van der Waals surface area (Å²) in [5.41, 5.74) is 1.02. The maximum atomic E-state index is 13.6. The van der Waals surface area contributed by atoms with Crippen LogP contribution in [0.4, 0.5) is 0 Å². The molecule has 0 bridgehead atoms. The Labute approximate surface area is 342 Å². The van der Waals surface area contributed by atoms with Crippen LogP contribution < -0.4 is 23.7 Å². The van der Waals surface area contributed by atoms with Gasteiger partial charge in [-0.05, 0) is 41.5 Å². The maximum Gasteiger partial charge on any atom is 0.330 e. The van der Waals surface area contributed by atoms with E-state index in [1.165, 1.54) is 56.3 Å². The number of ketones is 1. The molecule has 1 saturated heterocycles. The van der Waals surface area contributed by atoms with Gasteiger partial charge in [0.15, 0.2) is 18.0 Å². The van der Waals surface area contributed by atoms with Crippen LogP contribution in [0, 0.1) is 0 Å². The number of esters is 7. The lowest BCUT2D eigenvalue weighted by Crippen LogP contribution is -2.63. The monoisotopic (exact) mass is 832 g/mol. The van der Waals surface area contributed by atoms with Crippen LogP contribution in [0.5, 0.6) is 28.7 Å². The Hall–Kier alpha value is -7.08. The van der Waals surface area contributed by atoms with E-state index < -0.39 is 91.0 Å². The molecule has 2 heterocycles. The van der Waals surface area contributed by atoms with Crippen molar-refractivity contribution < 1.29 is 85.7 Å². The Morgan fingerprint density at radius 1 is 0.650 bits per heavy atom. The van der Waals surface area contributed by atoms with Crippen molar-refractivity contribution in [1.29, 1.82) is 0 Å². The number of carbonyl (C=O) groups excluding carboxylic acids is 8. The average Bonchev–Trinajstić information content (AvgIpc) is 3.15. The van der Waals surface area contributed by atoms with E-state index in [9.17, 15) is 38.4 Å². The molecule has 2 aliphatic rings. The van der Waals surface area contributed by atoms with Gasteiger partial charge in [-0.2, -0.15) is 0 Å². The van der Waals surface area contributed by atoms with Gasteiger partial charge in [0.1, 0.15) is 53.1 Å². The summed E-state index contributed by atoms with van der Waals surface area (Å²) < 4.78 is 56.0. The predicted octanol–water partition coefficient (Wildman–Crippen LogP) is 4.32. The minimum absolute atomic E-state index is 0.0680. The summed E-state index contributed by atoms with van der Waals surface area (Å²) in [6.07, 6.45) is -6.35. The molecule has 0 aromatic heterocycles. The molecule has 316 valence electrons. The molecular weight excluding hydrogens is 792 g/mol. The molecule has 18 nitrogen and oxygen atoms in total. The molecule has 18 heteroatoms. The Morgan fingerprint density at radius 3 is 1.77 bits per heavy atom. The molecule has 0 amide bonds. The summed E-state index contributed by atoms with van der Waals surface area (Å²) in [6.45, 7) is 6.19. The minimum atomic E-state index is -1.70. The molecule has 5 rings (SSSR count). The van der Waals surface area contributed by atoms with E-state index in [0.717, 1.165) is 33.8 Å². The minimum Gasteiger partial charge on any atom is -0.484 e. The number of fused-ring (bicyclic) bond motifs is 1. The molecule has 0 saturated carbocycles. The maximum absolute atomic E-state index is 13.6. The van der Waals surface area contributed by atoms with Crippen molar-refractivity contribution in [2.24, 2.45) is 0 Å². The first-order valence-corrected chi connectivity index (χ1v) is 18.3. The van der Waals surface area contributed by atoms with Crippen LogP contribution in [-0.2, 0) is 57.2 Å². The van der Waals surface area contributed by atoms with Crippen molar-refractivity contribution in [1.82, 2.24) is 0 Å². The zero-order valence-corrected chi connectivity index (χ0v) is 33.2. The largest absolute Gasteiger partial charge is 0.484 e. The third-order valence-corrected chi connectivity index (χ3v) is 8.42. The van der Waals surface area contributed by atoms with E-state index in [4.69, 9.17) is 47.4 Å². The van der Waals surface area contributed by atoms with Gasteiger partial charge in [0, 0.05) is 59.8 Å². The summed E-state index contributed by atoms with van der Waals surface area (Å²) in [7, 11) is 0. The lowest BCUT2D eigenvalue weighted by molar-refractivity contribution is -0.288. The molecule has 0 unspecified atom stereocenters. The van der Waals surface area contributed by atoms with Crippen molar-refractivity contribution in [2.75, 3.05) is 6.61 Å². The molecule has 60 heavy (non-hydrogen) atoms. The van der Waals surface area contributed by atoms with Crippen LogP contribution in [0.1, 0.15) is 75.6 Å². The van der Waals surface area contributed by atoms with Crippen LogP contribution in [0.15, 0.2) is 66.7 Å². The number of hydrogen-bond donors (Lipinski definition) is 0. The first-order chi connectivity index (χ1) is 28.4. The Balaban J connectivity index is 1.46. The smallest absolute Gasteiger partial charge is 0.330 e. The number of benzene rings is 3. The zero-order chi connectivity index (χ0) is 43.7. The predicted molar refractivity (Wildman–Crippen MR) is 202 cm³/mol. The van der Waals surface area contributed by atoms with E-state index in [1.54, 1.807) is 24.3 Å². The second-order valence-corrected chi connectivity index (χ2v) is 13.3. The SMILES string of the molecule is CC(=O)Oc1ccc(/C=C/C(=O)OC[C@H]2O[C@@H](Oc3cc(OC(C)=O)c4c(c3)O[C@H](c3ccc(OC(C)=O)cc3)CC4=O)[C@H](OC(C)=O)[C@@H](OC(C)=O)[C@@H]2OC(C)=O)cc1. The van der Waals surface area contributed by atoms with E-state index in [1.807, 2.05) is 0 Å². The van der Waals surface area contributed by atoms with Crippen LogP contribution in [0.2, 0.25) is 0 Å². The van der Waals surface area contributed by atoms with Crippen molar-refractivity contribution >= 4 is 53.6 Å². The highest BCUT2D eigenvalue weighted by molar-refractivity contribution is 6.03. The molecule has 2 aliphatic heterocycles. The van der Waals surface area contributed by atoms with Crippen molar-refractivity contribution in [3.63, 3.8) is 0 Å². The lowest BCUT2D eigenvalue weighted by atomic mass is 9.95. The van der Waals surface area contributed by atoms with E-state index >= 15 is 0 Å². The molecule has 0 spiro atoms. The molecule has 0 radical (unpaired) electrons. The average molecular weight is 833 g/mol. The van der Waals surface area contributed by atoms with E-state index in [0.29, 0.717) is 16.9 Å². The lowest BCUT2D eigenvalue weighted by Gasteiger charge is -2.44. The van der Waals surface area contributed by atoms with E-state index in [2.05, 4.69) is 0 Å². The fourth-order valence-electron chi connectivity index (χ4n) is 6.21. The van der Waals surface area contributed by atoms with E-state index in [-0.39, 0.29) is 35.0 Å². The third-order valence-electron chi connectivity index (χ3n) is 8.42. The van der Waals surface area contributed by atoms with Gasteiger partial charge >= 0.3 is 41.8 Å². The quantitative estimate of drug-likeness (QED) is 0.101. The highest BCUT2D eigenvalue weighted by atomic mass is 16.7. The van der Waals surface area contributed by atoms with Gasteiger partial charge in [0.25, 0.3) is 0 Å². The molecule has 3 aromatic carbocycles. The topological polar surface area (TPSA) is 229 Å². The van der Waals surface area contributed by atoms with Crippen LogP contribution >= 0.6 is 0 Å². The van der Waals surface area contributed by atoms with Crippen molar-refractivity contribution in [3.8, 4) is 28.7 Å². The fraction of sp³-hybridized carbons (Fsp3) is 0.333. The molecule has 3 aromatic rings. The van der Waals surface area contributed by atoms with Gasteiger partial charge in [-0.15, -0.1) is 0 Å². The number of ether oxygens (including phenoxy) is 10. The Bertz CT molecular complexity index is 2170. The van der Waals surface area contributed by atoms with Gasteiger partial charge in [-0.1, -0.05) is 24.3 Å². The standard InChI is InChI=1S/C42H40O18/c1-21(43)52-29-12-7-27(8-13-29)9-16-37(50)51-20-36-39(55-24(4)46)40(56-25(5)47)41(57-26(6)48)42(60-36)58-31-17-34(54-23(3)45)38-32(49)19-33(59-35(38)18-31)28-10-14-30(15-11-28)53-22(2)44/h7-18,33,36,39-42H,19-20H2,1-6H3/b16-9+/t33-,36+,39+,40-,41+,42+/m0/s1. The van der Waals surface area contributed by atoms with Crippen LogP contribution in [-0.4, -0.2) is 84.9 Å². The van der Waals surface area contributed by atoms with Crippen molar-refractivity contribution in [3.05, 3.63) is 83.4 Å². The fourth-order valence-corrected chi connectivity index (χ4v) is 6.21. The van der Waals surface area contributed by atoms with Gasteiger partial charge in [0.2, 0.25) is 12.4 Å². The van der Waals surface area contributed by atoms with Gasteiger partial charge < -0.3 is 47.4 Å². The summed E-state index contributed by atoms with van der Waals surface area (Å²) in [5.74, 6) is -5.63. The number of rotatable bonds is 13. The summed E-state index contributed by atoms with van der Waals surface area (Å²) >= 11 is 0. The van der Waals surface area contributed by atoms with Crippen molar-refractivity contribution in [2.45, 2.75) is 84.8 Å².